The number of carbonyl (C=O) groups is 2. The van der Waals surface area contributed by atoms with Crippen LogP contribution in [0.5, 0.6) is 17.2 Å². The van der Waals surface area contributed by atoms with E-state index >= 15 is 0 Å². The summed E-state index contributed by atoms with van der Waals surface area (Å²) in [7, 11) is 2.74. The quantitative estimate of drug-likeness (QED) is 0.532. The van der Waals surface area contributed by atoms with E-state index in [2.05, 4.69) is 0 Å². The van der Waals surface area contributed by atoms with Gasteiger partial charge < -0.3 is 24.0 Å². The van der Waals surface area contributed by atoms with Crippen molar-refractivity contribution in [3.8, 4) is 23.3 Å². The van der Waals surface area contributed by atoms with Crippen molar-refractivity contribution in [1.29, 1.82) is 5.26 Å². The fourth-order valence-electron chi connectivity index (χ4n) is 4.93. The van der Waals surface area contributed by atoms with Crippen LogP contribution in [0, 0.1) is 17.2 Å². The third kappa shape index (κ3) is 5.49. The van der Waals surface area contributed by atoms with Gasteiger partial charge in [0.1, 0.15) is 18.7 Å². The number of hydrogen-bond acceptors (Lipinski definition) is 6. The maximum Gasteiger partial charge on any atom is 0.393 e. The molecular weight excluding hydrogens is 503 g/mol. The van der Waals surface area contributed by atoms with Gasteiger partial charge in [-0.2, -0.15) is 18.4 Å². The first-order valence-electron chi connectivity index (χ1n) is 12.2. The third-order valence-corrected chi connectivity index (χ3v) is 6.93. The predicted octanol–water partition coefficient (Wildman–Crippen LogP) is 4.19. The topological polar surface area (TPSA) is 92.1 Å². The molecule has 4 rings (SSSR count). The smallest absolute Gasteiger partial charge is 0.393 e. The Kier molecular flexibility index (Phi) is 7.99. The molecule has 38 heavy (non-hydrogen) atoms. The zero-order valence-corrected chi connectivity index (χ0v) is 21.0. The Morgan fingerprint density at radius 1 is 1.08 bits per heavy atom. The number of likely N-dealkylation sites (tertiary alicyclic amines) is 2. The molecule has 0 radical (unpaired) electrons. The molecule has 0 bridgehead atoms. The van der Waals surface area contributed by atoms with Gasteiger partial charge in [-0.1, -0.05) is 30.3 Å². The van der Waals surface area contributed by atoms with Gasteiger partial charge in [-0.3, -0.25) is 9.59 Å². The Balaban J connectivity index is 1.64. The molecule has 8 nitrogen and oxygen atoms in total. The molecule has 0 aliphatic carbocycles. The number of halogens is 3. The van der Waals surface area contributed by atoms with Crippen molar-refractivity contribution >= 4 is 11.8 Å². The lowest BCUT2D eigenvalue weighted by Crippen LogP contribution is -2.49. The van der Waals surface area contributed by atoms with Crippen LogP contribution in [0.25, 0.3) is 0 Å². The molecule has 2 aromatic carbocycles. The van der Waals surface area contributed by atoms with Crippen LogP contribution in [0.4, 0.5) is 13.2 Å². The zero-order chi connectivity index (χ0) is 27.4. The number of amides is 2. The van der Waals surface area contributed by atoms with Gasteiger partial charge in [0, 0.05) is 18.7 Å². The molecule has 2 aliphatic heterocycles. The Morgan fingerprint density at radius 3 is 2.32 bits per heavy atom. The number of nitrogens with zero attached hydrogens (tertiary/aromatic N) is 3. The summed E-state index contributed by atoms with van der Waals surface area (Å²) in [5, 5.41) is 9.38. The van der Waals surface area contributed by atoms with Crippen LogP contribution < -0.4 is 14.2 Å². The second-order valence-electron chi connectivity index (χ2n) is 9.25. The molecule has 3 atom stereocenters. The van der Waals surface area contributed by atoms with E-state index in [1.165, 1.54) is 31.3 Å². The van der Waals surface area contributed by atoms with Gasteiger partial charge in [0.05, 0.1) is 26.2 Å². The van der Waals surface area contributed by atoms with Crippen LogP contribution in [-0.4, -0.2) is 67.2 Å². The van der Waals surface area contributed by atoms with Crippen LogP contribution in [-0.2, 0) is 11.4 Å². The summed E-state index contributed by atoms with van der Waals surface area (Å²) in [6, 6.07) is 12.0. The SMILES string of the molecule is COc1cc(C(=O)N2CC(C(F)(F)F)C[C@H]2C(=O)N2CCCC2C#N)cc(OC)c1OCc1ccccc1. The Hall–Kier alpha value is -3.94. The van der Waals surface area contributed by atoms with Crippen molar-refractivity contribution in [2.45, 2.75) is 44.1 Å². The van der Waals surface area contributed by atoms with Crippen molar-refractivity contribution in [1.82, 2.24) is 9.80 Å². The average Bonchev–Trinajstić information content (AvgIpc) is 3.59. The minimum Gasteiger partial charge on any atom is -0.493 e. The van der Waals surface area contributed by atoms with Gasteiger partial charge >= 0.3 is 6.18 Å². The molecular formula is C27H28F3N3O5. The number of nitriles is 1. The lowest BCUT2D eigenvalue weighted by Gasteiger charge is -2.29. The highest BCUT2D eigenvalue weighted by molar-refractivity contribution is 5.99. The molecule has 2 fully saturated rings. The van der Waals surface area contributed by atoms with E-state index in [4.69, 9.17) is 14.2 Å². The summed E-state index contributed by atoms with van der Waals surface area (Å²) < 4.78 is 57.8. The number of hydrogen-bond donors (Lipinski definition) is 0. The normalized spacial score (nSPS) is 21.2. The molecule has 11 heteroatoms. The van der Waals surface area contributed by atoms with Crippen LogP contribution in [0.3, 0.4) is 0 Å². The average molecular weight is 532 g/mol. The molecule has 202 valence electrons. The summed E-state index contributed by atoms with van der Waals surface area (Å²) in [6.45, 7) is -0.214. The monoisotopic (exact) mass is 531 g/mol. The second-order valence-corrected chi connectivity index (χ2v) is 9.25. The fraction of sp³-hybridized carbons (Fsp3) is 0.444. The summed E-state index contributed by atoms with van der Waals surface area (Å²) in [4.78, 5) is 29.1. The molecule has 0 aromatic heterocycles. The van der Waals surface area contributed by atoms with E-state index in [0.29, 0.717) is 12.8 Å². The molecule has 2 heterocycles. The number of alkyl halides is 3. The lowest BCUT2D eigenvalue weighted by molar-refractivity contribution is -0.170. The lowest BCUT2D eigenvalue weighted by atomic mass is 10.0. The first-order valence-corrected chi connectivity index (χ1v) is 12.2. The fourth-order valence-corrected chi connectivity index (χ4v) is 4.93. The van der Waals surface area contributed by atoms with Crippen molar-refractivity contribution in [2.24, 2.45) is 5.92 Å². The summed E-state index contributed by atoms with van der Waals surface area (Å²) in [5.74, 6) is -2.73. The van der Waals surface area contributed by atoms with Gasteiger partial charge in [0.15, 0.2) is 11.5 Å². The highest BCUT2D eigenvalue weighted by Gasteiger charge is 2.52. The van der Waals surface area contributed by atoms with Gasteiger partial charge in [-0.05, 0) is 37.0 Å². The van der Waals surface area contributed by atoms with Crippen molar-refractivity contribution in [3.05, 3.63) is 53.6 Å². The van der Waals surface area contributed by atoms with Gasteiger partial charge in [0.25, 0.3) is 5.91 Å². The van der Waals surface area contributed by atoms with E-state index in [1.807, 2.05) is 36.4 Å². The summed E-state index contributed by atoms with van der Waals surface area (Å²) in [6.07, 6.45) is -4.12. The van der Waals surface area contributed by atoms with Crippen molar-refractivity contribution < 1.29 is 37.0 Å². The van der Waals surface area contributed by atoms with Gasteiger partial charge in [-0.25, -0.2) is 0 Å². The Labute approximate surface area is 218 Å². The van der Waals surface area contributed by atoms with Gasteiger partial charge in [-0.15, -0.1) is 0 Å². The van der Waals surface area contributed by atoms with E-state index in [9.17, 15) is 28.0 Å². The largest absolute Gasteiger partial charge is 0.493 e. The van der Waals surface area contributed by atoms with Gasteiger partial charge in [0.2, 0.25) is 11.7 Å². The molecule has 0 saturated carbocycles. The van der Waals surface area contributed by atoms with E-state index in [0.717, 1.165) is 10.5 Å². The molecule has 2 saturated heterocycles. The van der Waals surface area contributed by atoms with Crippen molar-refractivity contribution in [3.63, 3.8) is 0 Å². The standard InChI is InChI=1S/C27H28F3N3O5/c1-36-22-11-18(12-23(37-2)24(22)38-16-17-7-4-3-5-8-17)25(34)33-15-19(27(28,29)30)13-21(33)26(35)32-10-6-9-20(32)14-31/h3-5,7-8,11-12,19-21H,6,9-10,13,15-16H2,1-2H3/t19?,20?,21-/m0/s1. The van der Waals surface area contributed by atoms with Crippen LogP contribution in [0.1, 0.15) is 35.2 Å². The Bertz CT molecular complexity index is 1190. The molecule has 2 amide bonds. The van der Waals surface area contributed by atoms with Crippen LogP contribution in [0.15, 0.2) is 42.5 Å². The summed E-state index contributed by atoms with van der Waals surface area (Å²) >= 11 is 0. The molecule has 2 unspecified atom stereocenters. The van der Waals surface area contributed by atoms with Crippen LogP contribution in [0.2, 0.25) is 0 Å². The number of rotatable bonds is 7. The molecule has 0 spiro atoms. The van der Waals surface area contributed by atoms with E-state index in [1.54, 1.807) is 0 Å². The first kappa shape index (κ1) is 27.1. The first-order chi connectivity index (χ1) is 18.2. The maximum absolute atomic E-state index is 13.7. The van der Waals surface area contributed by atoms with E-state index < -0.39 is 49.0 Å². The van der Waals surface area contributed by atoms with E-state index in [-0.39, 0.29) is 36.0 Å². The zero-order valence-electron chi connectivity index (χ0n) is 21.0. The number of methoxy groups -OCH3 is 2. The minimum absolute atomic E-state index is 0.00959. The highest BCUT2D eigenvalue weighted by atomic mass is 19.4. The van der Waals surface area contributed by atoms with Crippen molar-refractivity contribution in [2.75, 3.05) is 27.3 Å². The van der Waals surface area contributed by atoms with Crippen LogP contribution >= 0.6 is 0 Å². The highest BCUT2D eigenvalue weighted by Crippen LogP contribution is 2.42. The number of benzene rings is 2. The minimum atomic E-state index is -4.59. The Morgan fingerprint density at radius 2 is 1.74 bits per heavy atom. The molecule has 0 N–H and O–H groups in total. The maximum atomic E-state index is 13.7. The molecule has 2 aromatic rings. The molecule has 2 aliphatic rings. The predicted molar refractivity (Wildman–Crippen MR) is 130 cm³/mol. The second kappa shape index (κ2) is 11.2. The third-order valence-electron chi connectivity index (χ3n) is 6.93. The summed E-state index contributed by atoms with van der Waals surface area (Å²) in [5.41, 5.74) is 0.871. The number of ether oxygens (including phenoxy) is 3. The number of carbonyl (C=O) groups excluding carboxylic acids is 2.